The van der Waals surface area contributed by atoms with E-state index < -0.39 is 48.0 Å². The molecule has 5 N–H and O–H groups in total. The molecule has 3 heterocycles. The summed E-state index contributed by atoms with van der Waals surface area (Å²) in [5.74, 6) is -0.721. The van der Waals surface area contributed by atoms with E-state index in [0.29, 0.717) is 87.5 Å². The average Bonchev–Trinajstić information content (AvgIpc) is 1.82. The van der Waals surface area contributed by atoms with E-state index in [2.05, 4.69) is 33.9 Å². The SMILES string of the molecule is C/C=C/C1=CN(C=O)C(C=Nc2cc(OCCCOc3cc4c(cc3OC)C(=O)N3C=C(/C=C/C)CC3C(O)N4C(=O)OCc3ccc(NC(=O)C(C)NC(=O)CNC(=O)CCOCCOCCOCCOCCNC(=O)CS)cc3)c(OC)cc2C)C1. The number of aliphatic imine (C=N–C) groups is 1. The molecule has 7 amide bonds. The number of hydrogen-bond acceptors (Lipinski definition) is 19. The molecule has 0 aliphatic carbocycles. The van der Waals surface area contributed by atoms with Crippen molar-refractivity contribution in [2.24, 2.45) is 4.99 Å². The van der Waals surface area contributed by atoms with E-state index >= 15 is 0 Å². The van der Waals surface area contributed by atoms with Crippen molar-refractivity contribution in [1.82, 2.24) is 25.8 Å². The number of amides is 7. The zero-order valence-corrected chi connectivity index (χ0v) is 51.4. The molecule has 88 heavy (non-hydrogen) atoms. The van der Waals surface area contributed by atoms with Crippen LogP contribution in [0.5, 0.6) is 23.0 Å². The van der Waals surface area contributed by atoms with Crippen LogP contribution in [0.15, 0.2) is 101 Å². The number of allylic oxidation sites excluding steroid dienone is 4. The Morgan fingerprint density at radius 2 is 1.39 bits per heavy atom. The van der Waals surface area contributed by atoms with Gasteiger partial charge in [-0.05, 0) is 87.1 Å². The molecule has 476 valence electrons. The molecule has 4 unspecified atom stereocenters. The molecule has 0 bridgehead atoms. The van der Waals surface area contributed by atoms with Gasteiger partial charge < -0.3 is 78.8 Å². The van der Waals surface area contributed by atoms with Gasteiger partial charge in [-0.3, -0.25) is 33.8 Å². The van der Waals surface area contributed by atoms with Crippen LogP contribution in [0, 0.1) is 6.92 Å². The smallest absolute Gasteiger partial charge is 0.416 e. The molecule has 0 radical (unpaired) electrons. The summed E-state index contributed by atoms with van der Waals surface area (Å²) in [5.41, 5.74) is 4.24. The minimum atomic E-state index is -1.57. The lowest BCUT2D eigenvalue weighted by Gasteiger charge is -2.31. The summed E-state index contributed by atoms with van der Waals surface area (Å²) in [6, 6.07) is 10.9. The fraction of sp³-hybridized carbons (Fsp3) is 0.452. The van der Waals surface area contributed by atoms with E-state index in [1.165, 1.54) is 31.1 Å². The van der Waals surface area contributed by atoms with Crippen molar-refractivity contribution in [3.05, 3.63) is 113 Å². The molecule has 6 rings (SSSR count). The molecule has 0 aromatic heterocycles. The summed E-state index contributed by atoms with van der Waals surface area (Å²) in [4.78, 5) is 98.2. The monoisotopic (exact) mass is 1240 g/mol. The first kappa shape index (κ1) is 68.8. The van der Waals surface area contributed by atoms with E-state index in [1.54, 1.807) is 61.0 Å². The fourth-order valence-electron chi connectivity index (χ4n) is 9.22. The minimum Gasteiger partial charge on any atom is -0.493 e. The van der Waals surface area contributed by atoms with Gasteiger partial charge in [-0.15, -0.1) is 0 Å². The van der Waals surface area contributed by atoms with Crippen LogP contribution in [0.25, 0.3) is 0 Å². The molecule has 0 spiro atoms. The molecule has 0 saturated carbocycles. The van der Waals surface area contributed by atoms with Gasteiger partial charge in [-0.1, -0.05) is 36.4 Å². The van der Waals surface area contributed by atoms with Gasteiger partial charge in [0.15, 0.2) is 29.2 Å². The molecule has 3 aliphatic rings. The Bertz CT molecular complexity index is 3030. The largest absolute Gasteiger partial charge is 0.493 e. The van der Waals surface area contributed by atoms with Gasteiger partial charge in [0.05, 0.1) is 122 Å². The summed E-state index contributed by atoms with van der Waals surface area (Å²) in [6.07, 6.45) is 12.2. The van der Waals surface area contributed by atoms with E-state index in [-0.39, 0.29) is 92.9 Å². The summed E-state index contributed by atoms with van der Waals surface area (Å²) in [5, 5.41) is 22.5. The van der Waals surface area contributed by atoms with Crippen LogP contribution < -0.4 is 45.1 Å². The number of ether oxygens (including phenoxy) is 9. The first-order valence-corrected chi connectivity index (χ1v) is 29.5. The highest BCUT2D eigenvalue weighted by Crippen LogP contribution is 2.42. The van der Waals surface area contributed by atoms with Crippen LogP contribution in [-0.2, 0) is 54.3 Å². The zero-order chi connectivity index (χ0) is 63.4. The summed E-state index contributed by atoms with van der Waals surface area (Å²) < 4.78 is 51.2. The lowest BCUT2D eigenvalue weighted by Crippen LogP contribution is -2.50. The molecule has 0 saturated heterocycles. The van der Waals surface area contributed by atoms with Gasteiger partial charge >= 0.3 is 6.09 Å². The predicted molar refractivity (Wildman–Crippen MR) is 330 cm³/mol. The third-order valence-corrected chi connectivity index (χ3v) is 14.0. The van der Waals surface area contributed by atoms with Crippen molar-refractivity contribution in [3.63, 3.8) is 0 Å². The minimum absolute atomic E-state index is 0.00484. The first-order valence-electron chi connectivity index (χ1n) is 28.8. The number of aryl methyl sites for hydroxylation is 1. The molecule has 4 atom stereocenters. The molecule has 25 nitrogen and oxygen atoms in total. The highest BCUT2D eigenvalue weighted by molar-refractivity contribution is 7.81. The summed E-state index contributed by atoms with van der Waals surface area (Å²) >= 11 is 3.88. The molecule has 0 fully saturated rings. The van der Waals surface area contributed by atoms with Crippen molar-refractivity contribution < 1.29 is 81.3 Å². The Hall–Kier alpha value is -8.27. The molecule has 3 aromatic rings. The van der Waals surface area contributed by atoms with Crippen LogP contribution in [0.4, 0.5) is 21.9 Å². The van der Waals surface area contributed by atoms with Crippen LogP contribution in [0.2, 0.25) is 0 Å². The second kappa shape index (κ2) is 36.1. The first-order chi connectivity index (χ1) is 42.6. The molecular formula is C62H80N8O17S. The van der Waals surface area contributed by atoms with E-state index in [9.17, 15) is 38.7 Å². The Labute approximate surface area is 517 Å². The Kier molecular flexibility index (Phi) is 28.3. The average molecular weight is 1240 g/mol. The number of nitrogens with one attached hydrogen (secondary N) is 4. The number of aliphatic hydroxyl groups is 1. The topological polar surface area (TPSA) is 293 Å². The summed E-state index contributed by atoms with van der Waals surface area (Å²) in [6.45, 7) is 9.72. The highest BCUT2D eigenvalue weighted by Gasteiger charge is 2.45. The van der Waals surface area contributed by atoms with Crippen LogP contribution in [-0.4, -0.2) is 187 Å². The highest BCUT2D eigenvalue weighted by atomic mass is 32.1. The maximum atomic E-state index is 14.4. The van der Waals surface area contributed by atoms with E-state index in [4.69, 9.17) is 47.6 Å². The van der Waals surface area contributed by atoms with Crippen molar-refractivity contribution >= 4 is 77.9 Å². The number of carbonyl (C=O) groups is 7. The maximum absolute atomic E-state index is 14.4. The fourth-order valence-corrected chi connectivity index (χ4v) is 9.34. The number of rotatable bonds is 36. The third kappa shape index (κ3) is 20.7. The number of carbonyl (C=O) groups excluding carboxylic acids is 7. The quantitative estimate of drug-likeness (QED) is 0.0182. The van der Waals surface area contributed by atoms with E-state index in [0.717, 1.165) is 28.0 Å². The number of benzene rings is 3. The van der Waals surface area contributed by atoms with Crippen LogP contribution in [0.1, 0.15) is 67.9 Å². The normalized spacial score (nSPS) is 16.6. The Morgan fingerprint density at radius 3 is 2.02 bits per heavy atom. The number of aliphatic hydroxyl groups excluding tert-OH is 1. The Balaban J connectivity index is 0.966. The maximum Gasteiger partial charge on any atom is 0.416 e. The zero-order valence-electron chi connectivity index (χ0n) is 50.5. The molecule has 3 aromatic carbocycles. The second-order valence-electron chi connectivity index (χ2n) is 20.2. The second-order valence-corrected chi connectivity index (χ2v) is 20.5. The lowest BCUT2D eigenvalue weighted by atomic mass is 10.1. The Morgan fingerprint density at radius 1 is 0.761 bits per heavy atom. The van der Waals surface area contributed by atoms with Gasteiger partial charge in [0.25, 0.3) is 5.91 Å². The van der Waals surface area contributed by atoms with Crippen LogP contribution >= 0.6 is 12.6 Å². The number of fused-ring (bicyclic) bond motifs is 2. The van der Waals surface area contributed by atoms with Gasteiger partial charge in [0.2, 0.25) is 30.0 Å². The molecule has 26 heteroatoms. The van der Waals surface area contributed by atoms with Gasteiger partial charge in [0.1, 0.15) is 12.6 Å². The van der Waals surface area contributed by atoms with Crippen molar-refractivity contribution in [2.75, 3.05) is 109 Å². The number of hydrogen-bond donors (Lipinski definition) is 6. The molecule has 3 aliphatic heterocycles. The van der Waals surface area contributed by atoms with E-state index in [1.807, 2.05) is 51.1 Å². The molecular weight excluding hydrogens is 1160 g/mol. The van der Waals surface area contributed by atoms with Crippen molar-refractivity contribution in [2.45, 2.75) is 84.3 Å². The number of nitrogens with zero attached hydrogens (tertiary/aromatic N) is 4. The van der Waals surface area contributed by atoms with Gasteiger partial charge in [-0.2, -0.15) is 12.6 Å². The predicted octanol–water partition coefficient (Wildman–Crippen LogP) is 5.46. The van der Waals surface area contributed by atoms with Crippen molar-refractivity contribution in [3.8, 4) is 23.0 Å². The van der Waals surface area contributed by atoms with Crippen LogP contribution in [0.3, 0.4) is 0 Å². The number of thiol groups is 1. The third-order valence-electron chi connectivity index (χ3n) is 13.7. The lowest BCUT2D eigenvalue weighted by molar-refractivity contribution is -0.128. The van der Waals surface area contributed by atoms with Crippen molar-refractivity contribution in [1.29, 1.82) is 0 Å². The van der Waals surface area contributed by atoms with Gasteiger partial charge in [0, 0.05) is 55.8 Å². The van der Waals surface area contributed by atoms with Gasteiger partial charge in [-0.25, -0.2) is 9.69 Å². The summed E-state index contributed by atoms with van der Waals surface area (Å²) in [7, 11) is 2.97. The standard InChI is InChI=1S/C62H80N8O17S/c1-7-10-44-29-47(68(36-44)40-71)34-64-49-32-54(52(79-5)28-41(49)3)85-18-9-19-86-55-33-50-48(31-53(55)80-6)60(76)69-37-45(11-8-2)30-51(69)61(77)70(50)62(78)87-38-43-12-14-46(15-13-43)67-59(75)42(4)66-57(73)35-65-56(72)16-20-81-22-24-83-26-27-84-25-23-82-21-17-63-58(74)39-88/h7-8,10-15,28,31-34,36-37,40,42,47,51,61,77,88H,9,16-27,29-30,35,38-39H2,1-6H3,(H,63,74)(H,65,72)(H,66,73)(H,67,75)/b10-7+,11-8+,64-34?. The number of anilines is 2. The number of methoxy groups -OCH3 is 2.